The van der Waals surface area contributed by atoms with E-state index in [4.69, 9.17) is 4.98 Å². The van der Waals surface area contributed by atoms with Crippen molar-refractivity contribution >= 4 is 21.7 Å². The lowest BCUT2D eigenvalue weighted by molar-refractivity contribution is 0.666. The van der Waals surface area contributed by atoms with Gasteiger partial charge in [-0.2, -0.15) is 0 Å². The first-order valence-corrected chi connectivity index (χ1v) is 8.28. The molecule has 0 atom stereocenters. The van der Waals surface area contributed by atoms with Gasteiger partial charge >= 0.3 is 0 Å². The van der Waals surface area contributed by atoms with Gasteiger partial charge < -0.3 is 4.90 Å². The van der Waals surface area contributed by atoms with E-state index in [1.807, 2.05) is 6.07 Å². The van der Waals surface area contributed by atoms with Crippen LogP contribution in [0.4, 0.5) is 5.82 Å². The number of hydrogen-bond donors (Lipinski definition) is 0. The monoisotopic (exact) mass is 345 g/mol. The zero-order valence-electron chi connectivity index (χ0n) is 12.5. The van der Waals surface area contributed by atoms with Crippen LogP contribution in [0.3, 0.4) is 0 Å². The normalized spacial score (nSPS) is 14.5. The molecule has 3 rings (SSSR count). The summed E-state index contributed by atoms with van der Waals surface area (Å²) in [6, 6.07) is 12.9. The van der Waals surface area contributed by atoms with Gasteiger partial charge in [-0.15, -0.1) is 0 Å². The van der Waals surface area contributed by atoms with E-state index in [0.29, 0.717) is 12.0 Å². The lowest BCUT2D eigenvalue weighted by atomic mass is 10.2. The predicted octanol–water partition coefficient (Wildman–Crippen LogP) is 4.53. The molecule has 0 spiro atoms. The second kappa shape index (κ2) is 6.14. The SMILES string of the molecule is CC(C)N(Cc1ccccc1)c1cc(Br)nc(C2CC2)n1. The van der Waals surface area contributed by atoms with Gasteiger partial charge in [0.2, 0.25) is 0 Å². The number of halogens is 1. The molecular weight excluding hydrogens is 326 g/mol. The van der Waals surface area contributed by atoms with Crippen molar-refractivity contribution in [2.75, 3.05) is 4.90 Å². The Morgan fingerprint density at radius 3 is 2.52 bits per heavy atom. The van der Waals surface area contributed by atoms with Crippen LogP contribution in [0.1, 0.15) is 44.0 Å². The van der Waals surface area contributed by atoms with Gasteiger partial charge in [-0.1, -0.05) is 30.3 Å². The standard InChI is InChI=1S/C17H20BrN3/c1-12(2)21(11-13-6-4-3-5-7-13)16-10-15(18)19-17(20-16)14-8-9-14/h3-7,10,12,14H,8-9,11H2,1-2H3. The Morgan fingerprint density at radius 2 is 1.90 bits per heavy atom. The second-order valence-electron chi connectivity index (χ2n) is 5.89. The quantitative estimate of drug-likeness (QED) is 0.745. The summed E-state index contributed by atoms with van der Waals surface area (Å²) in [4.78, 5) is 11.6. The van der Waals surface area contributed by atoms with Crippen molar-refractivity contribution in [1.82, 2.24) is 9.97 Å². The highest BCUT2D eigenvalue weighted by molar-refractivity contribution is 9.10. The van der Waals surface area contributed by atoms with Gasteiger partial charge in [0, 0.05) is 24.6 Å². The largest absolute Gasteiger partial charge is 0.350 e. The smallest absolute Gasteiger partial charge is 0.135 e. The Hall–Kier alpha value is -1.42. The minimum absolute atomic E-state index is 0.388. The molecule has 110 valence electrons. The molecule has 0 bridgehead atoms. The van der Waals surface area contributed by atoms with Crippen LogP contribution in [0.25, 0.3) is 0 Å². The van der Waals surface area contributed by atoms with Crippen molar-refractivity contribution in [1.29, 1.82) is 0 Å². The molecule has 1 aromatic carbocycles. The average molecular weight is 346 g/mol. The fraction of sp³-hybridized carbons (Fsp3) is 0.412. The predicted molar refractivity (Wildman–Crippen MR) is 89.5 cm³/mol. The summed E-state index contributed by atoms with van der Waals surface area (Å²) < 4.78 is 0.883. The molecular formula is C17H20BrN3. The van der Waals surface area contributed by atoms with Crippen molar-refractivity contribution in [3.63, 3.8) is 0 Å². The minimum Gasteiger partial charge on any atom is -0.350 e. The topological polar surface area (TPSA) is 29.0 Å². The van der Waals surface area contributed by atoms with Gasteiger partial charge in [-0.3, -0.25) is 0 Å². The van der Waals surface area contributed by atoms with Crippen molar-refractivity contribution in [3.05, 3.63) is 52.4 Å². The number of anilines is 1. The van der Waals surface area contributed by atoms with Gasteiger partial charge in [0.1, 0.15) is 16.2 Å². The molecule has 1 aliphatic carbocycles. The van der Waals surface area contributed by atoms with Crippen LogP contribution in [0.15, 0.2) is 41.0 Å². The molecule has 0 saturated heterocycles. The van der Waals surface area contributed by atoms with Crippen LogP contribution < -0.4 is 4.90 Å². The molecule has 1 aliphatic rings. The minimum atomic E-state index is 0.388. The van der Waals surface area contributed by atoms with E-state index < -0.39 is 0 Å². The van der Waals surface area contributed by atoms with Crippen LogP contribution in [0.2, 0.25) is 0 Å². The highest BCUT2D eigenvalue weighted by Crippen LogP contribution is 2.39. The maximum Gasteiger partial charge on any atom is 0.135 e. The molecule has 0 radical (unpaired) electrons. The van der Waals surface area contributed by atoms with Crippen LogP contribution >= 0.6 is 15.9 Å². The summed E-state index contributed by atoms with van der Waals surface area (Å²) in [7, 11) is 0. The van der Waals surface area contributed by atoms with E-state index in [1.54, 1.807) is 0 Å². The molecule has 1 heterocycles. The van der Waals surface area contributed by atoms with E-state index in [1.165, 1.54) is 18.4 Å². The molecule has 0 unspecified atom stereocenters. The lowest BCUT2D eigenvalue weighted by Gasteiger charge is -2.28. The Morgan fingerprint density at radius 1 is 1.19 bits per heavy atom. The van der Waals surface area contributed by atoms with Gasteiger partial charge in [0.15, 0.2) is 0 Å². The van der Waals surface area contributed by atoms with Crippen molar-refractivity contribution in [2.45, 2.75) is 45.2 Å². The third-order valence-electron chi connectivity index (χ3n) is 3.75. The molecule has 21 heavy (non-hydrogen) atoms. The number of rotatable bonds is 5. The van der Waals surface area contributed by atoms with Gasteiger partial charge in [-0.05, 0) is 48.2 Å². The molecule has 3 nitrogen and oxygen atoms in total. The Bertz CT molecular complexity index is 609. The number of nitrogens with zero attached hydrogens (tertiary/aromatic N) is 3. The number of benzene rings is 1. The van der Waals surface area contributed by atoms with E-state index in [-0.39, 0.29) is 0 Å². The van der Waals surface area contributed by atoms with Crippen molar-refractivity contribution in [2.24, 2.45) is 0 Å². The zero-order valence-corrected chi connectivity index (χ0v) is 14.0. The molecule has 0 amide bonds. The lowest BCUT2D eigenvalue weighted by Crippen LogP contribution is -2.31. The van der Waals surface area contributed by atoms with E-state index >= 15 is 0 Å². The Kier molecular flexibility index (Phi) is 4.24. The van der Waals surface area contributed by atoms with Crippen LogP contribution in [-0.2, 0) is 6.54 Å². The summed E-state index contributed by atoms with van der Waals surface area (Å²) in [6.45, 7) is 5.28. The fourth-order valence-electron chi connectivity index (χ4n) is 2.40. The van der Waals surface area contributed by atoms with Crippen molar-refractivity contribution in [3.8, 4) is 0 Å². The van der Waals surface area contributed by atoms with E-state index in [9.17, 15) is 0 Å². The summed E-state index contributed by atoms with van der Waals surface area (Å²) in [5, 5.41) is 0. The summed E-state index contributed by atoms with van der Waals surface area (Å²) in [6.07, 6.45) is 2.44. The molecule has 1 saturated carbocycles. The van der Waals surface area contributed by atoms with Crippen LogP contribution in [0, 0.1) is 0 Å². The molecule has 1 aromatic heterocycles. The van der Waals surface area contributed by atoms with Gasteiger partial charge in [-0.25, -0.2) is 9.97 Å². The third kappa shape index (κ3) is 3.62. The third-order valence-corrected chi connectivity index (χ3v) is 4.16. The van der Waals surface area contributed by atoms with Crippen LogP contribution in [0.5, 0.6) is 0 Å². The number of hydrogen-bond acceptors (Lipinski definition) is 3. The highest BCUT2D eigenvalue weighted by Gasteiger charge is 2.28. The number of aromatic nitrogens is 2. The van der Waals surface area contributed by atoms with Gasteiger partial charge in [0.05, 0.1) is 0 Å². The first kappa shape index (κ1) is 14.5. The summed E-state index contributed by atoms with van der Waals surface area (Å²) in [5.41, 5.74) is 1.30. The molecule has 4 heteroatoms. The molecule has 0 aliphatic heterocycles. The fourth-order valence-corrected chi connectivity index (χ4v) is 2.79. The van der Waals surface area contributed by atoms with E-state index in [2.05, 4.69) is 70.0 Å². The Balaban J connectivity index is 1.90. The second-order valence-corrected chi connectivity index (χ2v) is 6.70. The highest BCUT2D eigenvalue weighted by atomic mass is 79.9. The van der Waals surface area contributed by atoms with E-state index in [0.717, 1.165) is 22.8 Å². The van der Waals surface area contributed by atoms with Crippen molar-refractivity contribution < 1.29 is 0 Å². The first-order valence-electron chi connectivity index (χ1n) is 7.48. The average Bonchev–Trinajstić information content (AvgIpc) is 3.29. The van der Waals surface area contributed by atoms with Crippen LogP contribution in [-0.4, -0.2) is 16.0 Å². The maximum absolute atomic E-state index is 4.80. The summed E-state index contributed by atoms with van der Waals surface area (Å²) >= 11 is 3.53. The summed E-state index contributed by atoms with van der Waals surface area (Å²) in [5.74, 6) is 2.56. The zero-order chi connectivity index (χ0) is 14.8. The first-order chi connectivity index (χ1) is 10.1. The molecule has 2 aromatic rings. The maximum atomic E-state index is 4.80. The Labute approximate surface area is 134 Å². The molecule has 1 fully saturated rings. The van der Waals surface area contributed by atoms with Gasteiger partial charge in [0.25, 0.3) is 0 Å². The molecule has 0 N–H and O–H groups in total.